The van der Waals surface area contributed by atoms with Crippen LogP contribution < -0.4 is 5.73 Å². The van der Waals surface area contributed by atoms with Crippen molar-refractivity contribution in [3.8, 4) is 0 Å². The van der Waals surface area contributed by atoms with E-state index in [1.807, 2.05) is 27.7 Å². The second kappa shape index (κ2) is 49.9. The lowest BCUT2D eigenvalue weighted by Crippen LogP contribution is -2.14. The molecule has 0 bridgehead atoms. The van der Waals surface area contributed by atoms with Crippen molar-refractivity contribution in [3.63, 3.8) is 0 Å². The second-order valence-corrected chi connectivity index (χ2v) is 4.32. The molecule has 2 N–H and O–H groups in total. The molecule has 3 nitrogen and oxygen atoms in total. The van der Waals surface area contributed by atoms with E-state index in [1.165, 1.54) is 58.5 Å². The van der Waals surface area contributed by atoms with E-state index in [-0.39, 0.29) is 12.5 Å². The zero-order chi connectivity index (χ0) is 18.6. The summed E-state index contributed by atoms with van der Waals surface area (Å²) in [6, 6.07) is 0. The maximum absolute atomic E-state index is 9.83. The summed E-state index contributed by atoms with van der Waals surface area (Å²) in [5.74, 6) is -0.380. The number of esters is 1. The van der Waals surface area contributed by atoms with Crippen LogP contribution in [-0.4, -0.2) is 19.6 Å². The van der Waals surface area contributed by atoms with Crippen molar-refractivity contribution in [2.24, 2.45) is 5.73 Å². The van der Waals surface area contributed by atoms with E-state index < -0.39 is 0 Å². The molecule has 0 saturated heterocycles. The van der Waals surface area contributed by atoms with Gasteiger partial charge < -0.3 is 10.5 Å². The molecule has 1 aliphatic carbocycles. The summed E-state index contributed by atoms with van der Waals surface area (Å²) in [6.07, 6.45) is 11.5. The Kier molecular flexibility index (Phi) is 75.2. The highest BCUT2D eigenvalue weighted by molar-refractivity contribution is 5.70. The molecule has 3 heteroatoms. The lowest BCUT2D eigenvalue weighted by molar-refractivity contribution is -0.138. The summed E-state index contributed by atoms with van der Waals surface area (Å²) >= 11 is 0. The molecule has 0 unspecified atom stereocenters. The molecule has 0 amide bonds. The predicted octanol–water partition coefficient (Wildman–Crippen LogP) is 6.34. The van der Waals surface area contributed by atoms with Crippen LogP contribution in [0.3, 0.4) is 0 Å². The molecule has 0 aromatic heterocycles. The number of hydrogen-bond acceptors (Lipinski definition) is 3. The smallest absolute Gasteiger partial charge is 0.319 e. The van der Waals surface area contributed by atoms with E-state index >= 15 is 0 Å². The Morgan fingerprint density at radius 3 is 1.00 bits per heavy atom. The number of nitrogens with two attached hydrogens (primary N) is 1. The van der Waals surface area contributed by atoms with Gasteiger partial charge >= 0.3 is 5.97 Å². The van der Waals surface area contributed by atoms with E-state index in [0.29, 0.717) is 0 Å². The minimum atomic E-state index is -0.380. The quantitative estimate of drug-likeness (QED) is 0.573. The van der Waals surface area contributed by atoms with Crippen LogP contribution in [-0.2, 0) is 9.53 Å². The molecule has 0 radical (unpaired) electrons. The largest absolute Gasteiger partial charge is 0.468 e. The van der Waals surface area contributed by atoms with Gasteiger partial charge in [-0.15, -0.1) is 0 Å². The first-order chi connectivity index (χ1) is 10.6. The van der Waals surface area contributed by atoms with Gasteiger partial charge in [-0.25, -0.2) is 0 Å². The molecule has 0 heterocycles. The van der Waals surface area contributed by atoms with Gasteiger partial charge in [0.25, 0.3) is 0 Å². The number of hydrogen-bond donors (Lipinski definition) is 1. The molecule has 22 heavy (non-hydrogen) atoms. The van der Waals surface area contributed by atoms with Crippen molar-refractivity contribution in [1.29, 1.82) is 0 Å². The van der Waals surface area contributed by atoms with Crippen molar-refractivity contribution in [3.05, 3.63) is 0 Å². The average molecular weight is 322 g/mol. The summed E-state index contributed by atoms with van der Waals surface area (Å²) in [5, 5.41) is 0. The van der Waals surface area contributed by atoms with Gasteiger partial charge in [0.2, 0.25) is 0 Å². The van der Waals surface area contributed by atoms with Crippen LogP contribution in [0.25, 0.3) is 0 Å². The fourth-order valence-electron chi connectivity index (χ4n) is 1.14. The molecule has 0 aromatic rings. The average Bonchev–Trinajstić information content (AvgIpc) is 2.61. The fourth-order valence-corrected chi connectivity index (χ4v) is 1.14. The highest BCUT2D eigenvalue weighted by atomic mass is 16.5. The van der Waals surface area contributed by atoms with Crippen LogP contribution >= 0.6 is 0 Å². The Bertz CT molecular complexity index is 116. The molecular formula is C19H47NO2. The summed E-state index contributed by atoms with van der Waals surface area (Å²) in [6.45, 7) is 16.5. The maximum atomic E-state index is 9.83. The Morgan fingerprint density at radius 2 is 0.955 bits per heavy atom. The minimum Gasteiger partial charge on any atom is -0.468 e. The van der Waals surface area contributed by atoms with Crippen molar-refractivity contribution in [1.82, 2.24) is 0 Å². The van der Waals surface area contributed by atoms with Crippen LogP contribution in [0.4, 0.5) is 0 Å². The van der Waals surface area contributed by atoms with Gasteiger partial charge in [-0.2, -0.15) is 0 Å². The van der Waals surface area contributed by atoms with Crippen LogP contribution in [0.2, 0.25) is 0 Å². The second-order valence-electron chi connectivity index (χ2n) is 4.32. The zero-order valence-corrected chi connectivity index (χ0v) is 17.3. The molecule has 0 aliphatic heterocycles. The van der Waals surface area contributed by atoms with Gasteiger partial charge in [-0.1, -0.05) is 107 Å². The number of carbonyl (C=O) groups excluding carboxylic acids is 1. The van der Waals surface area contributed by atoms with Crippen molar-refractivity contribution in [2.45, 2.75) is 107 Å². The van der Waals surface area contributed by atoms with E-state index in [2.05, 4.69) is 32.4 Å². The third-order valence-electron chi connectivity index (χ3n) is 1.89. The van der Waals surface area contributed by atoms with Gasteiger partial charge in [-0.3, -0.25) is 4.79 Å². The van der Waals surface area contributed by atoms with Crippen molar-refractivity contribution >= 4 is 5.97 Å². The van der Waals surface area contributed by atoms with E-state index in [4.69, 9.17) is 5.73 Å². The van der Waals surface area contributed by atoms with Gasteiger partial charge in [0, 0.05) is 0 Å². The Labute approximate surface area is 142 Å². The summed E-state index contributed by atoms with van der Waals surface area (Å²) < 4.78 is 4.14. The number of ether oxygens (including phenoxy) is 1. The van der Waals surface area contributed by atoms with E-state index in [1.54, 1.807) is 0 Å². The van der Waals surface area contributed by atoms with Crippen molar-refractivity contribution in [2.75, 3.05) is 13.7 Å². The monoisotopic (exact) mass is 321 g/mol. The topological polar surface area (TPSA) is 52.3 Å². The molecule has 0 spiro atoms. The van der Waals surface area contributed by atoms with Crippen LogP contribution in [0, 0.1) is 0 Å². The molecule has 1 rings (SSSR count). The zero-order valence-electron chi connectivity index (χ0n) is 17.3. The predicted molar refractivity (Wildman–Crippen MR) is 103 cm³/mol. The number of methoxy groups -OCH3 is 1. The molecular weight excluding hydrogens is 274 g/mol. The van der Waals surface area contributed by atoms with Crippen LogP contribution in [0.1, 0.15) is 107 Å². The number of rotatable bonds is 1. The molecule has 1 saturated carbocycles. The van der Waals surface area contributed by atoms with Gasteiger partial charge in [0.15, 0.2) is 0 Å². The standard InChI is InChI=1S/C6H12.C3H7NO2.2C3H8.2C2H6/c1-2-4-6-5-3-1;1-6-3(5)2-4;2*1-3-2;2*1-2/h1-6H2;2,4H2,1H3;2*3H2,1-2H3;2*1-2H3. The fraction of sp³-hybridized carbons (Fsp3) is 0.947. The van der Waals surface area contributed by atoms with Crippen LogP contribution in [0.5, 0.6) is 0 Å². The SMILES string of the molecule is C1CCCCC1.CC.CC.CCC.CCC.COC(=O)CN. The summed E-state index contributed by atoms with van der Waals surface area (Å²) in [4.78, 5) is 9.83. The van der Waals surface area contributed by atoms with E-state index in [9.17, 15) is 4.79 Å². The molecule has 0 aromatic carbocycles. The first-order valence-electron chi connectivity index (χ1n) is 9.41. The third-order valence-corrected chi connectivity index (χ3v) is 1.89. The van der Waals surface area contributed by atoms with Crippen LogP contribution in [0.15, 0.2) is 0 Å². The summed E-state index contributed by atoms with van der Waals surface area (Å²) in [7, 11) is 1.30. The normalized spacial score (nSPS) is 10.8. The Balaban J connectivity index is -0.0000000566. The Morgan fingerprint density at radius 1 is 0.773 bits per heavy atom. The lowest BCUT2D eigenvalue weighted by atomic mass is 10.0. The maximum Gasteiger partial charge on any atom is 0.319 e. The first-order valence-corrected chi connectivity index (χ1v) is 9.41. The minimum absolute atomic E-state index is 0.0312. The molecule has 1 fully saturated rings. The third kappa shape index (κ3) is 74.2. The highest BCUT2D eigenvalue weighted by Crippen LogP contribution is 2.15. The van der Waals surface area contributed by atoms with Crippen molar-refractivity contribution < 1.29 is 9.53 Å². The molecule has 0 atom stereocenters. The first kappa shape index (κ1) is 33.1. The summed E-state index contributed by atoms with van der Waals surface area (Å²) in [5.41, 5.74) is 4.81. The van der Waals surface area contributed by atoms with Gasteiger partial charge in [0.1, 0.15) is 0 Å². The molecule has 140 valence electrons. The number of carbonyl (C=O) groups is 1. The van der Waals surface area contributed by atoms with Gasteiger partial charge in [-0.05, 0) is 0 Å². The highest BCUT2D eigenvalue weighted by Gasteiger charge is 1.95. The lowest BCUT2D eigenvalue weighted by Gasteiger charge is -2.05. The van der Waals surface area contributed by atoms with Gasteiger partial charge in [0.05, 0.1) is 13.7 Å². The Hall–Kier alpha value is -0.570. The van der Waals surface area contributed by atoms with E-state index in [0.717, 1.165) is 0 Å². The molecule has 1 aliphatic rings.